The molecule has 192 valence electrons. The van der Waals surface area contributed by atoms with Gasteiger partial charge in [-0.1, -0.05) is 53.7 Å². The zero-order valence-corrected chi connectivity index (χ0v) is 22.9. The van der Waals surface area contributed by atoms with Crippen molar-refractivity contribution < 1.29 is 13.7 Å². The van der Waals surface area contributed by atoms with Gasteiger partial charge in [0.2, 0.25) is 0 Å². The van der Waals surface area contributed by atoms with E-state index in [-0.39, 0.29) is 6.29 Å². The molecule has 1 unspecified atom stereocenters. The van der Waals surface area contributed by atoms with Crippen LogP contribution in [0, 0.1) is 11.8 Å². The standard InChI is InChI=1S/C9H19NOS.C9H13N.C9H18O2/c1-9(2)8-10-4-6-12(3,11)7-5-10;1-7(2)8-3-5-9(10)6-4-8;1-8(2)7-11-9-5-3-4-6-10-9/h9H,3-8H2,1-2H3;3-7H,10H2,1-2H3;8-9H,3-7H2,1-2H3. The summed E-state index contributed by atoms with van der Waals surface area (Å²) < 4.78 is 22.4. The second-order valence-electron chi connectivity index (χ2n) is 10.4. The largest absolute Gasteiger partial charge is 0.399 e. The van der Waals surface area contributed by atoms with Gasteiger partial charge < -0.3 is 20.1 Å². The molecule has 2 saturated heterocycles. The molecule has 0 amide bonds. The lowest BCUT2D eigenvalue weighted by Crippen LogP contribution is -2.41. The SMILES string of the molecule is C=S1(=O)CCN(CC(C)C)CC1.CC(C)COC1CCCCO1.CC(C)c1ccc(N)cc1. The van der Waals surface area contributed by atoms with Gasteiger partial charge >= 0.3 is 0 Å². The number of ether oxygens (including phenoxy) is 2. The second-order valence-corrected chi connectivity index (χ2v) is 13.2. The van der Waals surface area contributed by atoms with Gasteiger partial charge in [-0.15, -0.1) is 0 Å². The molecule has 6 heteroatoms. The zero-order valence-electron chi connectivity index (χ0n) is 22.1. The Labute approximate surface area is 204 Å². The van der Waals surface area contributed by atoms with Crippen molar-refractivity contribution in [2.75, 3.05) is 50.1 Å². The lowest BCUT2D eigenvalue weighted by molar-refractivity contribution is -0.167. The maximum absolute atomic E-state index is 11.5. The van der Waals surface area contributed by atoms with E-state index in [0.29, 0.717) is 17.8 Å². The highest BCUT2D eigenvalue weighted by Crippen LogP contribution is 2.15. The summed E-state index contributed by atoms with van der Waals surface area (Å²) in [6.45, 7) is 17.9. The Hall–Kier alpha value is -1.08. The summed E-state index contributed by atoms with van der Waals surface area (Å²) in [5, 5.41) is 0. The number of nitrogens with two attached hydrogens (primary N) is 1. The predicted octanol–water partition coefficient (Wildman–Crippen LogP) is 5.25. The molecule has 1 atom stereocenters. The van der Waals surface area contributed by atoms with Crippen LogP contribution in [-0.4, -0.2) is 65.6 Å². The van der Waals surface area contributed by atoms with Gasteiger partial charge in [0.15, 0.2) is 6.29 Å². The summed E-state index contributed by atoms with van der Waals surface area (Å²) in [5.41, 5.74) is 7.71. The van der Waals surface area contributed by atoms with Crippen LogP contribution in [0.5, 0.6) is 0 Å². The van der Waals surface area contributed by atoms with Gasteiger partial charge in [-0.05, 0) is 70.1 Å². The molecule has 0 aromatic heterocycles. The van der Waals surface area contributed by atoms with Crippen molar-refractivity contribution in [3.8, 4) is 0 Å². The Morgan fingerprint density at radius 2 is 1.67 bits per heavy atom. The van der Waals surface area contributed by atoms with Gasteiger partial charge in [0.1, 0.15) is 0 Å². The van der Waals surface area contributed by atoms with Gasteiger partial charge in [-0.3, -0.25) is 4.21 Å². The molecule has 3 rings (SSSR count). The van der Waals surface area contributed by atoms with E-state index >= 15 is 0 Å². The van der Waals surface area contributed by atoms with Crippen LogP contribution in [0.25, 0.3) is 0 Å². The Morgan fingerprint density at radius 1 is 1.06 bits per heavy atom. The third-order valence-corrected chi connectivity index (χ3v) is 7.39. The van der Waals surface area contributed by atoms with E-state index in [1.54, 1.807) is 0 Å². The number of hydrogen-bond donors (Lipinski definition) is 1. The molecule has 0 spiro atoms. The molecule has 0 radical (unpaired) electrons. The van der Waals surface area contributed by atoms with Crippen LogP contribution in [0.15, 0.2) is 24.3 Å². The first-order chi connectivity index (χ1) is 15.5. The lowest BCUT2D eigenvalue weighted by atomic mass is 10.0. The van der Waals surface area contributed by atoms with E-state index in [9.17, 15) is 4.21 Å². The molecule has 0 bridgehead atoms. The maximum Gasteiger partial charge on any atom is 0.157 e. The summed E-state index contributed by atoms with van der Waals surface area (Å²) in [5.74, 6) is 7.25. The molecule has 0 aliphatic carbocycles. The van der Waals surface area contributed by atoms with Crippen LogP contribution in [0.2, 0.25) is 0 Å². The molecule has 1 aromatic carbocycles. The van der Waals surface area contributed by atoms with Crippen molar-refractivity contribution in [1.82, 2.24) is 4.90 Å². The van der Waals surface area contributed by atoms with Crippen LogP contribution < -0.4 is 5.73 Å². The molecular formula is C27H50N2O3S. The van der Waals surface area contributed by atoms with Gasteiger partial charge in [0.25, 0.3) is 0 Å². The fraction of sp³-hybridized carbons (Fsp3) is 0.741. The van der Waals surface area contributed by atoms with Gasteiger partial charge in [0.05, 0.1) is 6.61 Å². The Kier molecular flexibility index (Phi) is 14.3. The van der Waals surface area contributed by atoms with Crippen LogP contribution in [0.4, 0.5) is 5.69 Å². The smallest absolute Gasteiger partial charge is 0.157 e. The number of nitrogens with zero attached hydrogens (tertiary/aromatic N) is 1. The monoisotopic (exact) mass is 482 g/mol. The van der Waals surface area contributed by atoms with E-state index in [1.165, 1.54) is 18.4 Å². The fourth-order valence-corrected chi connectivity index (χ4v) is 4.91. The van der Waals surface area contributed by atoms with Crippen LogP contribution >= 0.6 is 0 Å². The number of hydrogen-bond acceptors (Lipinski definition) is 5. The van der Waals surface area contributed by atoms with E-state index in [1.807, 2.05) is 12.1 Å². The van der Waals surface area contributed by atoms with Crippen molar-refractivity contribution in [2.45, 2.75) is 73.0 Å². The third kappa shape index (κ3) is 14.7. The highest BCUT2D eigenvalue weighted by molar-refractivity contribution is 8.00. The number of benzene rings is 1. The molecule has 0 saturated carbocycles. The van der Waals surface area contributed by atoms with Crippen molar-refractivity contribution in [3.63, 3.8) is 0 Å². The fourth-order valence-electron chi connectivity index (χ4n) is 3.53. The minimum Gasteiger partial charge on any atom is -0.399 e. The van der Waals surface area contributed by atoms with Gasteiger partial charge in [0, 0.05) is 43.4 Å². The van der Waals surface area contributed by atoms with Crippen molar-refractivity contribution in [2.24, 2.45) is 11.8 Å². The first kappa shape index (κ1) is 30.0. The van der Waals surface area contributed by atoms with Crippen LogP contribution in [-0.2, 0) is 19.0 Å². The molecule has 2 aliphatic rings. The van der Waals surface area contributed by atoms with Crippen LogP contribution in [0.1, 0.15) is 72.3 Å². The van der Waals surface area contributed by atoms with Crippen molar-refractivity contribution >= 4 is 21.1 Å². The van der Waals surface area contributed by atoms with E-state index in [4.69, 9.17) is 15.2 Å². The summed E-state index contributed by atoms with van der Waals surface area (Å²) >= 11 is 0. The summed E-state index contributed by atoms with van der Waals surface area (Å²) in [6.07, 6.45) is 3.61. The van der Waals surface area contributed by atoms with Gasteiger partial charge in [-0.2, -0.15) is 0 Å². The molecule has 2 aliphatic heterocycles. The number of nitrogen functional groups attached to an aromatic ring is 1. The average Bonchev–Trinajstić information content (AvgIpc) is 2.75. The quantitative estimate of drug-likeness (QED) is 0.443. The topological polar surface area (TPSA) is 64.8 Å². The Balaban J connectivity index is 0.000000249. The second kappa shape index (κ2) is 15.8. The van der Waals surface area contributed by atoms with E-state index in [0.717, 1.165) is 56.5 Å². The number of anilines is 1. The zero-order chi connectivity index (χ0) is 24.9. The molecule has 2 fully saturated rings. The first-order valence-electron chi connectivity index (χ1n) is 12.6. The van der Waals surface area contributed by atoms with E-state index in [2.05, 4.69) is 64.4 Å². The maximum atomic E-state index is 11.5. The molecule has 33 heavy (non-hydrogen) atoms. The summed E-state index contributed by atoms with van der Waals surface area (Å²) in [6, 6.07) is 8.02. The highest BCUT2D eigenvalue weighted by Gasteiger charge is 2.17. The Bertz CT molecular complexity index is 710. The van der Waals surface area contributed by atoms with E-state index < -0.39 is 9.52 Å². The third-order valence-electron chi connectivity index (χ3n) is 5.54. The minimum atomic E-state index is -1.69. The summed E-state index contributed by atoms with van der Waals surface area (Å²) in [4.78, 5) is 2.39. The Morgan fingerprint density at radius 3 is 2.12 bits per heavy atom. The normalized spacial score (nSPS) is 20.7. The summed E-state index contributed by atoms with van der Waals surface area (Å²) in [7, 11) is -1.69. The number of rotatable bonds is 6. The van der Waals surface area contributed by atoms with Crippen molar-refractivity contribution in [1.29, 1.82) is 0 Å². The molecule has 2 heterocycles. The van der Waals surface area contributed by atoms with Crippen molar-refractivity contribution in [3.05, 3.63) is 29.8 Å². The lowest BCUT2D eigenvalue weighted by Gasteiger charge is -2.29. The predicted molar refractivity (Wildman–Crippen MR) is 146 cm³/mol. The molecule has 1 aromatic rings. The average molecular weight is 483 g/mol. The molecule has 2 N–H and O–H groups in total. The minimum absolute atomic E-state index is 0.0890. The van der Waals surface area contributed by atoms with Gasteiger partial charge in [-0.25, -0.2) is 0 Å². The first-order valence-corrected chi connectivity index (χ1v) is 14.7. The van der Waals surface area contributed by atoms with Crippen LogP contribution in [0.3, 0.4) is 0 Å². The molecular weight excluding hydrogens is 432 g/mol. The highest BCUT2D eigenvalue weighted by atomic mass is 32.2. The molecule has 5 nitrogen and oxygen atoms in total.